The summed E-state index contributed by atoms with van der Waals surface area (Å²) in [6.45, 7) is 7.46. The first-order valence-electron chi connectivity index (χ1n) is 11.7. The zero-order valence-corrected chi connectivity index (χ0v) is 19.4. The fourth-order valence-electron chi connectivity index (χ4n) is 4.50. The van der Waals surface area contributed by atoms with Crippen LogP contribution in [0.3, 0.4) is 0 Å². The minimum absolute atomic E-state index is 0.0759. The third-order valence-corrected chi connectivity index (χ3v) is 6.08. The maximum Gasteiger partial charge on any atom is 0.251 e. The van der Waals surface area contributed by atoms with Crippen LogP contribution in [0.5, 0.6) is 0 Å². The number of amides is 1. The van der Waals surface area contributed by atoms with Crippen molar-refractivity contribution in [3.05, 3.63) is 65.0 Å². The molecular formula is C26H35N5O. The number of benzene rings is 1. The van der Waals surface area contributed by atoms with Gasteiger partial charge in [-0.2, -0.15) is 0 Å². The molecule has 6 nitrogen and oxygen atoms in total. The van der Waals surface area contributed by atoms with Crippen molar-refractivity contribution in [2.24, 2.45) is 5.73 Å². The van der Waals surface area contributed by atoms with Crippen LogP contribution in [0, 0.1) is 0 Å². The number of nitrogens with one attached hydrogen (secondary N) is 2. The molecule has 0 aliphatic heterocycles. The molecular weight excluding hydrogens is 398 g/mol. The number of rotatable bonds is 6. The summed E-state index contributed by atoms with van der Waals surface area (Å²) in [5.41, 5.74) is 10.3. The highest BCUT2D eigenvalue weighted by molar-refractivity contribution is 5.95. The molecule has 3 aromatic rings. The predicted octanol–water partition coefficient (Wildman–Crippen LogP) is 4.98. The van der Waals surface area contributed by atoms with Crippen molar-refractivity contribution in [1.82, 2.24) is 14.7 Å². The molecule has 0 radical (unpaired) electrons. The van der Waals surface area contributed by atoms with Gasteiger partial charge < -0.3 is 16.4 Å². The van der Waals surface area contributed by atoms with Gasteiger partial charge in [0.05, 0.1) is 5.69 Å². The fourth-order valence-corrected chi connectivity index (χ4v) is 4.50. The molecule has 1 aliphatic carbocycles. The van der Waals surface area contributed by atoms with Gasteiger partial charge in [0.25, 0.3) is 5.91 Å². The maximum absolute atomic E-state index is 12.8. The molecule has 1 fully saturated rings. The van der Waals surface area contributed by atoms with Crippen LogP contribution >= 0.6 is 0 Å². The topological polar surface area (TPSA) is 84.5 Å². The van der Waals surface area contributed by atoms with Crippen molar-refractivity contribution in [2.45, 2.75) is 77.4 Å². The molecule has 170 valence electrons. The molecule has 0 spiro atoms. The quantitative estimate of drug-likeness (QED) is 0.512. The van der Waals surface area contributed by atoms with Gasteiger partial charge in [0, 0.05) is 36.3 Å². The number of imidazole rings is 1. The second-order valence-electron chi connectivity index (χ2n) is 9.91. The van der Waals surface area contributed by atoms with Gasteiger partial charge in [0.1, 0.15) is 11.5 Å². The Morgan fingerprint density at radius 2 is 1.88 bits per heavy atom. The van der Waals surface area contributed by atoms with E-state index in [4.69, 9.17) is 10.7 Å². The second-order valence-corrected chi connectivity index (χ2v) is 9.91. The Kier molecular flexibility index (Phi) is 6.51. The van der Waals surface area contributed by atoms with Gasteiger partial charge in [0.2, 0.25) is 0 Å². The van der Waals surface area contributed by atoms with Crippen LogP contribution in [0.1, 0.15) is 86.0 Å². The van der Waals surface area contributed by atoms with Gasteiger partial charge in [-0.25, -0.2) is 4.98 Å². The van der Waals surface area contributed by atoms with Gasteiger partial charge in [-0.15, -0.1) is 0 Å². The summed E-state index contributed by atoms with van der Waals surface area (Å²) >= 11 is 0. The van der Waals surface area contributed by atoms with E-state index in [0.29, 0.717) is 24.6 Å². The number of carbonyl (C=O) groups is 1. The zero-order valence-electron chi connectivity index (χ0n) is 19.4. The van der Waals surface area contributed by atoms with Crippen LogP contribution in [0.25, 0.3) is 5.65 Å². The molecule has 32 heavy (non-hydrogen) atoms. The minimum atomic E-state index is -0.0989. The van der Waals surface area contributed by atoms with E-state index in [2.05, 4.69) is 35.8 Å². The lowest BCUT2D eigenvalue weighted by Crippen LogP contribution is -2.28. The van der Waals surface area contributed by atoms with Crippen molar-refractivity contribution in [3.63, 3.8) is 0 Å². The lowest BCUT2D eigenvalue weighted by Gasteiger charge is -2.26. The average molecular weight is 434 g/mol. The van der Waals surface area contributed by atoms with Crippen LogP contribution in [-0.2, 0) is 13.1 Å². The smallest absolute Gasteiger partial charge is 0.251 e. The lowest BCUT2D eigenvalue weighted by molar-refractivity contribution is 0.0951. The molecule has 0 bridgehead atoms. The summed E-state index contributed by atoms with van der Waals surface area (Å²) in [6, 6.07) is 11.8. The van der Waals surface area contributed by atoms with Crippen molar-refractivity contribution in [1.29, 1.82) is 0 Å². The van der Waals surface area contributed by atoms with Gasteiger partial charge >= 0.3 is 0 Å². The monoisotopic (exact) mass is 433 g/mol. The first kappa shape index (κ1) is 22.3. The molecule has 0 unspecified atom stereocenters. The fraction of sp³-hybridized carbons (Fsp3) is 0.462. The van der Waals surface area contributed by atoms with Crippen molar-refractivity contribution >= 4 is 17.4 Å². The number of hydrogen-bond acceptors (Lipinski definition) is 4. The number of carbonyl (C=O) groups excluding carboxylic acids is 1. The number of nitrogens with zero attached hydrogens (tertiary/aromatic N) is 2. The zero-order chi connectivity index (χ0) is 22.7. The Labute approximate surface area is 190 Å². The summed E-state index contributed by atoms with van der Waals surface area (Å²) in [4.78, 5) is 17.9. The average Bonchev–Trinajstić information content (AvgIpc) is 3.14. The predicted molar refractivity (Wildman–Crippen MR) is 130 cm³/mol. The normalized spacial score (nSPS) is 15.1. The van der Waals surface area contributed by atoms with Gasteiger partial charge in [-0.05, 0) is 56.9 Å². The number of hydrogen-bond donors (Lipinski definition) is 3. The highest BCUT2D eigenvalue weighted by Crippen LogP contribution is 2.37. The lowest BCUT2D eigenvalue weighted by atomic mass is 9.87. The maximum atomic E-state index is 12.8. The minimum Gasteiger partial charge on any atom is -0.365 e. The molecule has 4 N–H and O–H groups in total. The number of nitrogens with two attached hydrogens (primary N) is 1. The Bertz CT molecular complexity index is 1090. The van der Waals surface area contributed by atoms with E-state index in [0.717, 1.165) is 28.3 Å². The first-order valence-corrected chi connectivity index (χ1v) is 11.7. The van der Waals surface area contributed by atoms with Crippen LogP contribution in [0.2, 0.25) is 0 Å². The number of aromatic nitrogens is 2. The van der Waals surface area contributed by atoms with Crippen LogP contribution in [-0.4, -0.2) is 20.8 Å². The van der Waals surface area contributed by atoms with E-state index < -0.39 is 0 Å². The van der Waals surface area contributed by atoms with Crippen LogP contribution in [0.15, 0.2) is 42.6 Å². The number of anilines is 1. The van der Waals surface area contributed by atoms with Crippen molar-refractivity contribution < 1.29 is 4.79 Å². The molecule has 6 heteroatoms. The number of pyridine rings is 1. The van der Waals surface area contributed by atoms with E-state index in [1.54, 1.807) is 0 Å². The molecule has 2 aromatic heterocycles. The van der Waals surface area contributed by atoms with Gasteiger partial charge in [-0.1, -0.05) is 43.5 Å². The summed E-state index contributed by atoms with van der Waals surface area (Å²) in [7, 11) is 0. The standard InChI is InChI=1S/C26H35N5O/c1-26(2,3)30-24-23(20-10-5-4-6-11-20)29-22-15-21(12-13-31(22)24)25(32)28-17-19-9-7-8-18(14-19)16-27/h7-9,12-15,20,30H,4-6,10-11,16-17,27H2,1-3H3,(H,28,32). The Hall–Kier alpha value is -2.86. The highest BCUT2D eigenvalue weighted by Gasteiger charge is 2.26. The Balaban J connectivity index is 1.59. The van der Waals surface area contributed by atoms with E-state index >= 15 is 0 Å². The number of fused-ring (bicyclic) bond motifs is 1. The van der Waals surface area contributed by atoms with Crippen LogP contribution in [0.4, 0.5) is 5.82 Å². The molecule has 4 rings (SSSR count). The molecule has 1 aromatic carbocycles. The van der Waals surface area contributed by atoms with Gasteiger partial charge in [0.15, 0.2) is 0 Å². The molecule has 2 heterocycles. The third kappa shape index (κ3) is 5.13. The summed E-state index contributed by atoms with van der Waals surface area (Å²) in [5, 5.41) is 6.69. The first-order chi connectivity index (χ1) is 15.3. The molecule has 1 saturated carbocycles. The summed E-state index contributed by atoms with van der Waals surface area (Å²) in [5.74, 6) is 1.43. The largest absolute Gasteiger partial charge is 0.365 e. The molecule has 0 saturated heterocycles. The summed E-state index contributed by atoms with van der Waals surface area (Å²) < 4.78 is 2.09. The van der Waals surface area contributed by atoms with E-state index in [-0.39, 0.29) is 11.4 Å². The van der Waals surface area contributed by atoms with E-state index in [9.17, 15) is 4.79 Å². The SMILES string of the molecule is CC(C)(C)Nc1c(C2CCCCC2)nc2cc(C(=O)NCc3cccc(CN)c3)ccn12. The highest BCUT2D eigenvalue weighted by atomic mass is 16.1. The second kappa shape index (κ2) is 9.33. The molecule has 1 amide bonds. The van der Waals surface area contributed by atoms with Crippen LogP contribution < -0.4 is 16.4 Å². The molecule has 0 atom stereocenters. The van der Waals surface area contributed by atoms with E-state index in [1.807, 2.05) is 42.6 Å². The van der Waals surface area contributed by atoms with Crippen molar-refractivity contribution in [2.75, 3.05) is 5.32 Å². The molecule has 1 aliphatic rings. The third-order valence-electron chi connectivity index (χ3n) is 6.08. The summed E-state index contributed by atoms with van der Waals surface area (Å²) in [6.07, 6.45) is 8.14. The Morgan fingerprint density at radius 1 is 1.12 bits per heavy atom. The Morgan fingerprint density at radius 3 is 2.59 bits per heavy atom. The van der Waals surface area contributed by atoms with Gasteiger partial charge in [-0.3, -0.25) is 9.20 Å². The van der Waals surface area contributed by atoms with Crippen molar-refractivity contribution in [3.8, 4) is 0 Å². The van der Waals surface area contributed by atoms with E-state index in [1.165, 1.54) is 32.1 Å².